The number of alkyl halides is 3. The van der Waals surface area contributed by atoms with E-state index in [9.17, 15) is 17.6 Å². The molecule has 0 fully saturated rings. The summed E-state index contributed by atoms with van der Waals surface area (Å²) in [5.41, 5.74) is -0.0528. The van der Waals surface area contributed by atoms with Crippen LogP contribution in [0.2, 0.25) is 0 Å². The minimum Gasteiger partial charge on any atom is -0.311 e. The van der Waals surface area contributed by atoms with Gasteiger partial charge in [-0.05, 0) is 37.2 Å². The van der Waals surface area contributed by atoms with Crippen LogP contribution in [-0.2, 0) is 12.6 Å². The van der Waals surface area contributed by atoms with Crippen molar-refractivity contribution in [3.63, 3.8) is 0 Å². The molecule has 112 valence electrons. The molecule has 1 unspecified atom stereocenters. The van der Waals surface area contributed by atoms with Gasteiger partial charge in [0, 0.05) is 6.20 Å². The third-order valence-electron chi connectivity index (χ3n) is 3.16. The summed E-state index contributed by atoms with van der Waals surface area (Å²) in [4.78, 5) is 3.96. The fraction of sp³-hybridized carbons (Fsp3) is 0.267. The van der Waals surface area contributed by atoms with Crippen molar-refractivity contribution < 1.29 is 17.6 Å². The fourth-order valence-corrected chi connectivity index (χ4v) is 2.10. The highest BCUT2D eigenvalue weighted by atomic mass is 19.4. The zero-order valence-corrected chi connectivity index (χ0v) is 11.3. The molecule has 0 amide bonds. The molecular formula is C15H14F4N2. The zero-order chi connectivity index (χ0) is 15.5. The Bertz CT molecular complexity index is 611. The average molecular weight is 298 g/mol. The summed E-state index contributed by atoms with van der Waals surface area (Å²) in [6.45, 7) is 0. The van der Waals surface area contributed by atoms with Gasteiger partial charge in [0.15, 0.2) is 0 Å². The van der Waals surface area contributed by atoms with Crippen LogP contribution in [-0.4, -0.2) is 12.0 Å². The lowest BCUT2D eigenvalue weighted by Crippen LogP contribution is -2.21. The van der Waals surface area contributed by atoms with E-state index in [0.29, 0.717) is 5.56 Å². The van der Waals surface area contributed by atoms with Gasteiger partial charge < -0.3 is 5.32 Å². The lowest BCUT2D eigenvalue weighted by molar-refractivity contribution is -0.137. The van der Waals surface area contributed by atoms with Crippen LogP contribution >= 0.6 is 0 Å². The highest BCUT2D eigenvalue weighted by Crippen LogP contribution is 2.30. The summed E-state index contributed by atoms with van der Waals surface area (Å²) >= 11 is 0. The second-order valence-electron chi connectivity index (χ2n) is 4.61. The number of aromatic nitrogens is 1. The molecule has 0 aliphatic heterocycles. The highest BCUT2D eigenvalue weighted by molar-refractivity contribution is 5.27. The SMILES string of the molecule is CNC(Cc1cccc(C(F)(F)F)c1)c1ncccc1F. The molecule has 6 heteroatoms. The minimum atomic E-state index is -4.39. The molecule has 2 rings (SSSR count). The second-order valence-corrected chi connectivity index (χ2v) is 4.61. The highest BCUT2D eigenvalue weighted by Gasteiger charge is 2.30. The van der Waals surface area contributed by atoms with Gasteiger partial charge in [-0.25, -0.2) is 4.39 Å². The maximum atomic E-state index is 13.7. The van der Waals surface area contributed by atoms with Gasteiger partial charge in [-0.1, -0.05) is 18.2 Å². The Morgan fingerprint density at radius 2 is 1.95 bits per heavy atom. The molecule has 2 aromatic rings. The first-order chi connectivity index (χ1) is 9.91. The van der Waals surface area contributed by atoms with Crippen molar-refractivity contribution in [1.29, 1.82) is 0 Å². The molecule has 1 aromatic heterocycles. The number of hydrogen-bond acceptors (Lipinski definition) is 2. The molecule has 0 spiro atoms. The molecule has 0 aliphatic carbocycles. The Hall–Kier alpha value is -1.95. The Morgan fingerprint density at radius 1 is 1.19 bits per heavy atom. The number of benzene rings is 1. The largest absolute Gasteiger partial charge is 0.416 e. The number of pyridine rings is 1. The van der Waals surface area contributed by atoms with Crippen molar-refractivity contribution in [2.75, 3.05) is 7.05 Å². The predicted octanol–water partition coefficient (Wildman–Crippen LogP) is 3.74. The van der Waals surface area contributed by atoms with Gasteiger partial charge in [0.1, 0.15) is 5.82 Å². The molecule has 0 aliphatic rings. The van der Waals surface area contributed by atoms with E-state index in [1.807, 2.05) is 0 Å². The van der Waals surface area contributed by atoms with Crippen LogP contribution in [0.3, 0.4) is 0 Å². The van der Waals surface area contributed by atoms with E-state index in [1.54, 1.807) is 13.1 Å². The Morgan fingerprint density at radius 3 is 2.57 bits per heavy atom. The Balaban J connectivity index is 2.26. The number of nitrogens with zero attached hydrogens (tertiary/aromatic N) is 1. The maximum absolute atomic E-state index is 13.7. The first-order valence-electron chi connectivity index (χ1n) is 6.35. The van der Waals surface area contributed by atoms with Crippen LogP contribution in [0.1, 0.15) is 22.9 Å². The van der Waals surface area contributed by atoms with E-state index in [1.165, 1.54) is 24.4 Å². The van der Waals surface area contributed by atoms with Gasteiger partial charge >= 0.3 is 6.18 Å². The van der Waals surface area contributed by atoms with Gasteiger partial charge in [0.2, 0.25) is 0 Å². The standard InChI is InChI=1S/C15H14F4N2/c1-20-13(14-12(16)6-3-7-21-14)9-10-4-2-5-11(8-10)15(17,18)19/h2-8,13,20H,9H2,1H3. The summed E-state index contributed by atoms with van der Waals surface area (Å²) in [5.74, 6) is -0.483. The second kappa shape index (κ2) is 6.22. The van der Waals surface area contributed by atoms with Gasteiger partial charge in [0.05, 0.1) is 17.3 Å². The Labute approximate surface area is 119 Å². The van der Waals surface area contributed by atoms with E-state index in [0.717, 1.165) is 12.1 Å². The van der Waals surface area contributed by atoms with E-state index in [4.69, 9.17) is 0 Å². The van der Waals surface area contributed by atoms with Crippen molar-refractivity contribution >= 4 is 0 Å². The van der Waals surface area contributed by atoms with Crippen LogP contribution in [0.25, 0.3) is 0 Å². The van der Waals surface area contributed by atoms with Crippen molar-refractivity contribution in [3.8, 4) is 0 Å². The van der Waals surface area contributed by atoms with Gasteiger partial charge in [-0.15, -0.1) is 0 Å². The summed E-state index contributed by atoms with van der Waals surface area (Å²) in [7, 11) is 1.62. The lowest BCUT2D eigenvalue weighted by atomic mass is 10.0. The van der Waals surface area contributed by atoms with Gasteiger partial charge in [-0.2, -0.15) is 13.2 Å². The molecule has 0 saturated heterocycles. The molecule has 1 atom stereocenters. The van der Waals surface area contributed by atoms with Crippen LogP contribution in [0.5, 0.6) is 0 Å². The molecule has 1 heterocycles. The lowest BCUT2D eigenvalue weighted by Gasteiger charge is -2.17. The number of halogens is 4. The summed E-state index contributed by atoms with van der Waals surface area (Å²) < 4.78 is 51.8. The van der Waals surface area contributed by atoms with Crippen LogP contribution in [0.15, 0.2) is 42.6 Å². The topological polar surface area (TPSA) is 24.9 Å². The summed E-state index contributed by atoms with van der Waals surface area (Å²) in [6, 6.07) is 7.27. The predicted molar refractivity (Wildman–Crippen MR) is 71.1 cm³/mol. The summed E-state index contributed by atoms with van der Waals surface area (Å²) in [5, 5.41) is 2.88. The van der Waals surface area contributed by atoms with Gasteiger partial charge in [0.25, 0.3) is 0 Å². The normalized spacial score (nSPS) is 13.2. The monoisotopic (exact) mass is 298 g/mol. The molecule has 21 heavy (non-hydrogen) atoms. The maximum Gasteiger partial charge on any atom is 0.416 e. The average Bonchev–Trinajstić information content (AvgIpc) is 2.45. The first kappa shape index (κ1) is 15.4. The van der Waals surface area contributed by atoms with Crippen molar-refractivity contribution in [2.24, 2.45) is 0 Å². The van der Waals surface area contributed by atoms with E-state index < -0.39 is 23.6 Å². The van der Waals surface area contributed by atoms with Crippen molar-refractivity contribution in [1.82, 2.24) is 10.3 Å². The van der Waals surface area contributed by atoms with Gasteiger partial charge in [-0.3, -0.25) is 4.98 Å². The Kier molecular flexibility index (Phi) is 4.57. The number of likely N-dealkylation sites (N-methyl/N-ethyl adjacent to an activating group) is 1. The first-order valence-corrected chi connectivity index (χ1v) is 6.35. The molecular weight excluding hydrogens is 284 g/mol. The molecule has 1 N–H and O–H groups in total. The van der Waals surface area contributed by atoms with Crippen LogP contribution in [0, 0.1) is 5.82 Å². The van der Waals surface area contributed by atoms with Crippen molar-refractivity contribution in [3.05, 3.63) is 65.2 Å². The van der Waals surface area contributed by atoms with Crippen LogP contribution in [0.4, 0.5) is 17.6 Å². The molecule has 1 aromatic carbocycles. The van der Waals surface area contributed by atoms with E-state index >= 15 is 0 Å². The number of nitrogens with one attached hydrogen (secondary N) is 1. The summed E-state index contributed by atoms with van der Waals surface area (Å²) in [6.07, 6.45) is -2.72. The van der Waals surface area contributed by atoms with E-state index in [2.05, 4.69) is 10.3 Å². The fourth-order valence-electron chi connectivity index (χ4n) is 2.10. The third-order valence-corrected chi connectivity index (χ3v) is 3.16. The third kappa shape index (κ3) is 3.78. The van der Waals surface area contributed by atoms with E-state index in [-0.39, 0.29) is 12.1 Å². The number of rotatable bonds is 4. The van der Waals surface area contributed by atoms with Crippen LogP contribution < -0.4 is 5.32 Å². The molecule has 0 saturated carbocycles. The molecule has 0 radical (unpaired) electrons. The molecule has 2 nitrogen and oxygen atoms in total. The molecule has 0 bridgehead atoms. The minimum absolute atomic E-state index is 0.192. The number of hydrogen-bond donors (Lipinski definition) is 1. The smallest absolute Gasteiger partial charge is 0.311 e. The quantitative estimate of drug-likeness (QED) is 0.870. The van der Waals surface area contributed by atoms with Crippen molar-refractivity contribution in [2.45, 2.75) is 18.6 Å². The zero-order valence-electron chi connectivity index (χ0n) is 11.3.